The van der Waals surface area contributed by atoms with Crippen molar-refractivity contribution in [1.29, 1.82) is 0 Å². The largest absolute Gasteiger partial charge is 0.488 e. The molecule has 0 bridgehead atoms. The van der Waals surface area contributed by atoms with Crippen LogP contribution in [0.2, 0.25) is 0 Å². The van der Waals surface area contributed by atoms with Crippen molar-refractivity contribution in [2.45, 2.75) is 19.1 Å². The summed E-state index contributed by atoms with van der Waals surface area (Å²) in [5.41, 5.74) is 1.78. The van der Waals surface area contributed by atoms with Gasteiger partial charge in [0.2, 0.25) is 0 Å². The molecule has 1 unspecified atom stereocenters. The summed E-state index contributed by atoms with van der Waals surface area (Å²) >= 11 is 3.45. The molecule has 1 fully saturated rings. The molecule has 28 heavy (non-hydrogen) atoms. The average Bonchev–Trinajstić information content (AvgIpc) is 2.71. The number of halogens is 3. The van der Waals surface area contributed by atoms with Crippen LogP contribution in [-0.2, 0) is 11.3 Å². The lowest BCUT2D eigenvalue weighted by Gasteiger charge is -2.33. The van der Waals surface area contributed by atoms with E-state index in [0.717, 1.165) is 15.6 Å². The summed E-state index contributed by atoms with van der Waals surface area (Å²) in [5, 5.41) is 2.86. The zero-order valence-corrected chi connectivity index (χ0v) is 16.7. The fourth-order valence-electron chi connectivity index (χ4n) is 2.94. The van der Waals surface area contributed by atoms with E-state index in [1.807, 2.05) is 24.3 Å². The zero-order valence-electron chi connectivity index (χ0n) is 15.1. The van der Waals surface area contributed by atoms with Gasteiger partial charge in [-0.05, 0) is 35.4 Å². The molecular weight excluding hydrogens is 434 g/mol. The molecule has 2 amide bonds. The van der Waals surface area contributed by atoms with Gasteiger partial charge < -0.3 is 19.7 Å². The third kappa shape index (κ3) is 5.90. The van der Waals surface area contributed by atoms with E-state index in [1.54, 1.807) is 29.2 Å². The van der Waals surface area contributed by atoms with E-state index in [-0.39, 0.29) is 18.7 Å². The first-order chi connectivity index (χ1) is 13.5. The van der Waals surface area contributed by atoms with E-state index in [4.69, 9.17) is 9.47 Å². The molecule has 0 aliphatic carbocycles. The third-order valence-corrected chi connectivity index (χ3v) is 4.79. The van der Waals surface area contributed by atoms with Crippen LogP contribution in [-0.4, -0.2) is 43.7 Å². The quantitative estimate of drug-likeness (QED) is 0.704. The molecule has 5 nitrogen and oxygen atoms in total. The second kappa shape index (κ2) is 9.84. The van der Waals surface area contributed by atoms with Gasteiger partial charge in [-0.15, -0.1) is 0 Å². The van der Waals surface area contributed by atoms with Crippen molar-refractivity contribution < 1.29 is 23.0 Å². The number of hydrogen-bond acceptors (Lipinski definition) is 3. The molecule has 0 saturated carbocycles. The van der Waals surface area contributed by atoms with Gasteiger partial charge in [0.1, 0.15) is 18.5 Å². The number of rotatable bonds is 6. The SMILES string of the molecule is O=C(NCc1cccc(OCC(F)F)c1)N1CCOC(c2cccc(Br)c2)C1. The third-order valence-electron chi connectivity index (χ3n) is 4.29. The average molecular weight is 455 g/mol. The Morgan fingerprint density at radius 2 is 2.11 bits per heavy atom. The Balaban J connectivity index is 1.54. The van der Waals surface area contributed by atoms with Gasteiger partial charge in [-0.1, -0.05) is 40.2 Å². The number of benzene rings is 2. The molecule has 1 N–H and O–H groups in total. The van der Waals surface area contributed by atoms with Crippen molar-refractivity contribution in [2.24, 2.45) is 0 Å². The van der Waals surface area contributed by atoms with E-state index in [2.05, 4.69) is 21.2 Å². The predicted molar refractivity (Wildman–Crippen MR) is 105 cm³/mol. The molecule has 3 rings (SSSR count). The van der Waals surface area contributed by atoms with Crippen molar-refractivity contribution in [2.75, 3.05) is 26.3 Å². The highest BCUT2D eigenvalue weighted by Gasteiger charge is 2.25. The first kappa shape index (κ1) is 20.5. The second-order valence-electron chi connectivity index (χ2n) is 6.37. The smallest absolute Gasteiger partial charge is 0.317 e. The first-order valence-electron chi connectivity index (χ1n) is 8.91. The summed E-state index contributed by atoms with van der Waals surface area (Å²) in [5.74, 6) is 0.355. The van der Waals surface area contributed by atoms with Gasteiger partial charge in [-0.3, -0.25) is 0 Å². The molecule has 0 radical (unpaired) electrons. The molecule has 1 heterocycles. The van der Waals surface area contributed by atoms with E-state index < -0.39 is 13.0 Å². The maximum Gasteiger partial charge on any atom is 0.317 e. The number of carbonyl (C=O) groups excluding carboxylic acids is 1. The highest BCUT2D eigenvalue weighted by Crippen LogP contribution is 2.24. The van der Waals surface area contributed by atoms with Gasteiger partial charge in [0.15, 0.2) is 0 Å². The molecule has 2 aromatic carbocycles. The van der Waals surface area contributed by atoms with Gasteiger partial charge in [0, 0.05) is 17.6 Å². The summed E-state index contributed by atoms with van der Waals surface area (Å²) in [6, 6.07) is 14.4. The normalized spacial score (nSPS) is 16.9. The Labute approximate surface area is 170 Å². The number of ether oxygens (including phenoxy) is 2. The van der Waals surface area contributed by atoms with Crippen LogP contribution in [0.1, 0.15) is 17.2 Å². The highest BCUT2D eigenvalue weighted by molar-refractivity contribution is 9.10. The van der Waals surface area contributed by atoms with E-state index in [1.165, 1.54) is 0 Å². The molecule has 1 aliphatic heterocycles. The van der Waals surface area contributed by atoms with Crippen LogP contribution < -0.4 is 10.1 Å². The lowest BCUT2D eigenvalue weighted by atomic mass is 10.1. The molecule has 2 aromatic rings. The molecule has 0 aromatic heterocycles. The number of morpholine rings is 1. The standard InChI is InChI=1S/C20H21BrF2N2O3/c21-16-5-2-4-15(10-16)18-12-25(7-8-27-18)20(26)24-11-14-3-1-6-17(9-14)28-13-19(22)23/h1-6,9-10,18-19H,7-8,11-13H2,(H,24,26). The van der Waals surface area contributed by atoms with Crippen molar-refractivity contribution in [1.82, 2.24) is 10.2 Å². The maximum atomic E-state index is 12.5. The van der Waals surface area contributed by atoms with E-state index in [9.17, 15) is 13.6 Å². The van der Waals surface area contributed by atoms with E-state index >= 15 is 0 Å². The zero-order chi connectivity index (χ0) is 19.9. The molecule has 1 atom stereocenters. The van der Waals surface area contributed by atoms with Crippen molar-refractivity contribution >= 4 is 22.0 Å². The van der Waals surface area contributed by atoms with Gasteiger partial charge in [0.25, 0.3) is 6.43 Å². The van der Waals surface area contributed by atoms with Crippen LogP contribution in [0.4, 0.5) is 13.6 Å². The van der Waals surface area contributed by atoms with Crippen molar-refractivity contribution in [3.63, 3.8) is 0 Å². The monoisotopic (exact) mass is 454 g/mol. The summed E-state index contributed by atoms with van der Waals surface area (Å²) < 4.78 is 36.3. The first-order valence-corrected chi connectivity index (χ1v) is 9.70. The minimum absolute atomic E-state index is 0.178. The van der Waals surface area contributed by atoms with Gasteiger partial charge in [-0.2, -0.15) is 0 Å². The van der Waals surface area contributed by atoms with Crippen LogP contribution in [0.5, 0.6) is 5.75 Å². The number of hydrogen-bond donors (Lipinski definition) is 1. The summed E-state index contributed by atoms with van der Waals surface area (Å²) in [6.07, 6.45) is -2.70. The number of amides is 2. The fourth-order valence-corrected chi connectivity index (χ4v) is 3.35. The van der Waals surface area contributed by atoms with E-state index in [0.29, 0.717) is 25.4 Å². The van der Waals surface area contributed by atoms with Gasteiger partial charge in [-0.25, -0.2) is 13.6 Å². The second-order valence-corrected chi connectivity index (χ2v) is 7.28. The Hall–Kier alpha value is -2.19. The molecular formula is C20H21BrF2N2O3. The molecule has 150 valence electrons. The minimum Gasteiger partial charge on any atom is -0.488 e. The predicted octanol–water partition coefficient (Wildman–Crippen LogP) is 4.38. The molecule has 0 spiro atoms. The lowest BCUT2D eigenvalue weighted by Crippen LogP contribution is -2.46. The highest BCUT2D eigenvalue weighted by atomic mass is 79.9. The number of urea groups is 1. The fraction of sp³-hybridized carbons (Fsp3) is 0.350. The van der Waals surface area contributed by atoms with Crippen LogP contribution in [0.15, 0.2) is 53.0 Å². The van der Waals surface area contributed by atoms with Gasteiger partial charge >= 0.3 is 6.03 Å². The van der Waals surface area contributed by atoms with Crippen LogP contribution in [0, 0.1) is 0 Å². The molecule has 8 heteroatoms. The van der Waals surface area contributed by atoms with Crippen molar-refractivity contribution in [3.8, 4) is 5.75 Å². The topological polar surface area (TPSA) is 50.8 Å². The van der Waals surface area contributed by atoms with Crippen molar-refractivity contribution in [3.05, 3.63) is 64.1 Å². The molecule has 1 aliphatic rings. The van der Waals surface area contributed by atoms with Crippen LogP contribution >= 0.6 is 15.9 Å². The number of alkyl halides is 2. The number of nitrogens with one attached hydrogen (secondary N) is 1. The number of carbonyl (C=O) groups is 1. The lowest BCUT2D eigenvalue weighted by molar-refractivity contribution is -0.0155. The van der Waals surface area contributed by atoms with Crippen LogP contribution in [0.3, 0.4) is 0 Å². The Bertz CT molecular complexity index is 807. The summed E-state index contributed by atoms with van der Waals surface area (Å²) in [7, 11) is 0. The van der Waals surface area contributed by atoms with Gasteiger partial charge in [0.05, 0.1) is 13.2 Å². The summed E-state index contributed by atoms with van der Waals surface area (Å²) in [6.45, 7) is 1.06. The maximum absolute atomic E-state index is 12.5. The summed E-state index contributed by atoms with van der Waals surface area (Å²) in [4.78, 5) is 14.2. The molecule has 1 saturated heterocycles. The Kier molecular flexibility index (Phi) is 7.22. The Morgan fingerprint density at radius 1 is 1.29 bits per heavy atom. The number of nitrogens with zero attached hydrogens (tertiary/aromatic N) is 1. The minimum atomic E-state index is -2.53. The Morgan fingerprint density at radius 3 is 2.89 bits per heavy atom. The van der Waals surface area contributed by atoms with Crippen LogP contribution in [0.25, 0.3) is 0 Å².